The number of amides is 2. The molecule has 1 aromatic rings. The summed E-state index contributed by atoms with van der Waals surface area (Å²) in [4.78, 5) is 16.4. The van der Waals surface area contributed by atoms with Crippen molar-refractivity contribution in [1.82, 2.24) is 10.3 Å². The third-order valence-electron chi connectivity index (χ3n) is 1.85. The van der Waals surface area contributed by atoms with E-state index in [0.29, 0.717) is 5.82 Å². The lowest BCUT2D eigenvalue weighted by molar-refractivity contribution is 0.195. The van der Waals surface area contributed by atoms with Crippen molar-refractivity contribution in [2.24, 2.45) is 0 Å². The second-order valence-electron chi connectivity index (χ2n) is 2.72. The number of pyridine rings is 1. The van der Waals surface area contributed by atoms with E-state index in [2.05, 4.69) is 10.3 Å². The minimum Gasteiger partial charge on any atom is -0.371 e. The normalized spacial score (nSPS) is 21.8. The highest BCUT2D eigenvalue weighted by atomic mass is 16.3. The van der Waals surface area contributed by atoms with Crippen LogP contribution >= 0.6 is 0 Å². The predicted octanol–water partition coefficient (Wildman–Crippen LogP) is -0.0704. The molecule has 68 valence electrons. The van der Waals surface area contributed by atoms with Gasteiger partial charge in [-0.15, -0.1) is 0 Å². The van der Waals surface area contributed by atoms with Crippen LogP contribution in [0.25, 0.3) is 0 Å². The maximum absolute atomic E-state index is 11.2. The Morgan fingerprint density at radius 3 is 3.00 bits per heavy atom. The molecule has 0 saturated carbocycles. The SMILES string of the molecule is O=C1NCC(O)N1c1ccccn1. The largest absolute Gasteiger partial charge is 0.371 e. The highest BCUT2D eigenvalue weighted by Crippen LogP contribution is 2.15. The summed E-state index contributed by atoms with van der Waals surface area (Å²) in [6.45, 7) is 0.245. The van der Waals surface area contributed by atoms with E-state index in [4.69, 9.17) is 0 Å². The lowest BCUT2D eigenvalue weighted by atomic mass is 10.4. The van der Waals surface area contributed by atoms with Gasteiger partial charge in [-0.25, -0.2) is 14.7 Å². The number of rotatable bonds is 1. The van der Waals surface area contributed by atoms with Crippen LogP contribution in [0.15, 0.2) is 24.4 Å². The molecule has 2 rings (SSSR count). The molecule has 0 aromatic carbocycles. The van der Waals surface area contributed by atoms with Gasteiger partial charge in [0, 0.05) is 6.20 Å². The molecule has 1 unspecified atom stereocenters. The van der Waals surface area contributed by atoms with Gasteiger partial charge < -0.3 is 10.4 Å². The number of aliphatic hydroxyl groups excluding tert-OH is 1. The molecule has 2 N–H and O–H groups in total. The number of carbonyl (C=O) groups is 1. The minimum absolute atomic E-state index is 0.245. The van der Waals surface area contributed by atoms with E-state index >= 15 is 0 Å². The van der Waals surface area contributed by atoms with Crippen LogP contribution < -0.4 is 10.2 Å². The van der Waals surface area contributed by atoms with E-state index in [1.807, 2.05) is 0 Å². The maximum Gasteiger partial charge on any atom is 0.325 e. The highest BCUT2D eigenvalue weighted by molar-refractivity contribution is 5.93. The van der Waals surface area contributed by atoms with Gasteiger partial charge in [0.05, 0.1) is 6.54 Å². The first-order valence-electron chi connectivity index (χ1n) is 3.95. The number of β-amino-alcohol motifs (C(OH)–C–C–N with tert-alkyl or cyclic N) is 1. The summed E-state index contributed by atoms with van der Waals surface area (Å²) in [7, 11) is 0. The average Bonchev–Trinajstić information content (AvgIpc) is 2.48. The number of hydrogen-bond acceptors (Lipinski definition) is 3. The average molecular weight is 179 g/mol. The van der Waals surface area contributed by atoms with Gasteiger partial charge in [-0.05, 0) is 12.1 Å². The Morgan fingerprint density at radius 1 is 1.62 bits per heavy atom. The molecule has 2 heterocycles. The van der Waals surface area contributed by atoms with Crippen LogP contribution in [-0.2, 0) is 0 Å². The molecule has 5 heteroatoms. The molecule has 2 amide bonds. The van der Waals surface area contributed by atoms with Crippen molar-refractivity contribution < 1.29 is 9.90 Å². The molecule has 0 spiro atoms. The third kappa shape index (κ3) is 1.33. The maximum atomic E-state index is 11.2. The van der Waals surface area contributed by atoms with Crippen molar-refractivity contribution >= 4 is 11.8 Å². The van der Waals surface area contributed by atoms with E-state index in [9.17, 15) is 9.90 Å². The van der Waals surface area contributed by atoms with Crippen LogP contribution in [0.2, 0.25) is 0 Å². The summed E-state index contributed by atoms with van der Waals surface area (Å²) in [5.41, 5.74) is 0. The van der Waals surface area contributed by atoms with Gasteiger partial charge in [-0.3, -0.25) is 0 Å². The lowest BCUT2D eigenvalue weighted by Gasteiger charge is -2.16. The summed E-state index contributed by atoms with van der Waals surface area (Å²) in [6, 6.07) is 4.88. The van der Waals surface area contributed by atoms with Crippen molar-refractivity contribution in [1.29, 1.82) is 0 Å². The number of hydrogen-bond donors (Lipinski definition) is 2. The summed E-state index contributed by atoms with van der Waals surface area (Å²) >= 11 is 0. The molecule has 0 radical (unpaired) electrons. The number of carbonyl (C=O) groups excluding carboxylic acids is 1. The second kappa shape index (κ2) is 3.02. The molecular weight excluding hydrogens is 170 g/mol. The first-order chi connectivity index (χ1) is 6.29. The molecule has 0 bridgehead atoms. The number of aliphatic hydroxyl groups is 1. The van der Waals surface area contributed by atoms with E-state index in [1.165, 1.54) is 4.90 Å². The van der Waals surface area contributed by atoms with Crippen LogP contribution in [0, 0.1) is 0 Å². The van der Waals surface area contributed by atoms with Crippen molar-refractivity contribution in [3.8, 4) is 0 Å². The topological polar surface area (TPSA) is 65.5 Å². The number of urea groups is 1. The highest BCUT2D eigenvalue weighted by Gasteiger charge is 2.30. The molecule has 1 saturated heterocycles. The first kappa shape index (κ1) is 8.00. The van der Waals surface area contributed by atoms with Crippen molar-refractivity contribution in [2.75, 3.05) is 11.4 Å². The number of aromatic nitrogens is 1. The van der Waals surface area contributed by atoms with Crippen LogP contribution in [0.5, 0.6) is 0 Å². The molecule has 1 aromatic heterocycles. The predicted molar refractivity (Wildman–Crippen MR) is 46.1 cm³/mol. The second-order valence-corrected chi connectivity index (χ2v) is 2.72. The van der Waals surface area contributed by atoms with E-state index < -0.39 is 6.23 Å². The Labute approximate surface area is 75.0 Å². The molecule has 1 aliphatic rings. The zero-order chi connectivity index (χ0) is 9.26. The molecule has 5 nitrogen and oxygen atoms in total. The van der Waals surface area contributed by atoms with Crippen molar-refractivity contribution in [2.45, 2.75) is 6.23 Å². The Kier molecular flexibility index (Phi) is 1.86. The monoisotopic (exact) mass is 179 g/mol. The van der Waals surface area contributed by atoms with Crippen LogP contribution in [0.3, 0.4) is 0 Å². The summed E-state index contributed by atoms with van der Waals surface area (Å²) < 4.78 is 0. The Bertz CT molecular complexity index is 314. The number of anilines is 1. The van der Waals surface area contributed by atoms with Gasteiger partial charge >= 0.3 is 6.03 Å². The Hall–Kier alpha value is -1.62. The zero-order valence-corrected chi connectivity index (χ0v) is 6.84. The van der Waals surface area contributed by atoms with Crippen molar-refractivity contribution in [3.63, 3.8) is 0 Å². The Morgan fingerprint density at radius 2 is 2.46 bits per heavy atom. The summed E-state index contributed by atoms with van der Waals surface area (Å²) in [5, 5.41) is 11.9. The van der Waals surface area contributed by atoms with E-state index in [1.54, 1.807) is 24.4 Å². The standard InChI is InChI=1S/C8H9N3O2/c12-7-5-10-8(13)11(7)6-3-1-2-4-9-6/h1-4,7,12H,5H2,(H,10,13). The van der Waals surface area contributed by atoms with Crippen molar-refractivity contribution in [3.05, 3.63) is 24.4 Å². The third-order valence-corrected chi connectivity index (χ3v) is 1.85. The van der Waals surface area contributed by atoms with Gasteiger partial charge in [-0.2, -0.15) is 0 Å². The van der Waals surface area contributed by atoms with Crippen LogP contribution in [-0.4, -0.2) is 28.9 Å². The number of nitrogens with one attached hydrogen (secondary N) is 1. The first-order valence-corrected chi connectivity index (χ1v) is 3.95. The van der Waals surface area contributed by atoms with E-state index in [-0.39, 0.29) is 12.6 Å². The van der Waals surface area contributed by atoms with Gasteiger partial charge in [0.15, 0.2) is 6.23 Å². The van der Waals surface area contributed by atoms with Crippen LogP contribution in [0.1, 0.15) is 0 Å². The molecule has 1 atom stereocenters. The molecular formula is C8H9N3O2. The fourth-order valence-corrected chi connectivity index (χ4v) is 1.24. The molecule has 13 heavy (non-hydrogen) atoms. The van der Waals surface area contributed by atoms with Gasteiger partial charge in [0.25, 0.3) is 0 Å². The molecule has 0 aliphatic carbocycles. The molecule has 1 fully saturated rings. The van der Waals surface area contributed by atoms with Gasteiger partial charge in [-0.1, -0.05) is 6.07 Å². The smallest absolute Gasteiger partial charge is 0.325 e. The van der Waals surface area contributed by atoms with Crippen LogP contribution in [0.4, 0.5) is 10.6 Å². The minimum atomic E-state index is -0.817. The number of nitrogens with zero attached hydrogens (tertiary/aromatic N) is 2. The lowest BCUT2D eigenvalue weighted by Crippen LogP contribution is -2.34. The quantitative estimate of drug-likeness (QED) is 0.634. The Balaban J connectivity index is 2.30. The zero-order valence-electron chi connectivity index (χ0n) is 6.84. The van der Waals surface area contributed by atoms with Gasteiger partial charge in [0.2, 0.25) is 0 Å². The summed E-state index contributed by atoms with van der Waals surface area (Å²) in [6.07, 6.45) is 0.760. The van der Waals surface area contributed by atoms with Gasteiger partial charge in [0.1, 0.15) is 5.82 Å². The fourth-order valence-electron chi connectivity index (χ4n) is 1.24. The molecule has 1 aliphatic heterocycles. The van der Waals surface area contributed by atoms with E-state index in [0.717, 1.165) is 0 Å². The summed E-state index contributed by atoms with van der Waals surface area (Å²) in [5.74, 6) is 0.463. The fraction of sp³-hybridized carbons (Fsp3) is 0.250.